The highest BCUT2D eigenvalue weighted by molar-refractivity contribution is 9.10. The maximum atomic E-state index is 3.54. The van der Waals surface area contributed by atoms with Gasteiger partial charge in [0.25, 0.3) is 0 Å². The molecule has 0 amide bonds. The van der Waals surface area contributed by atoms with Crippen LogP contribution in [0.15, 0.2) is 46.4 Å². The highest BCUT2D eigenvalue weighted by Gasteiger charge is 2.06. The fourth-order valence-corrected chi connectivity index (χ4v) is 3.48. The molecule has 0 aliphatic rings. The molecule has 0 aliphatic carbocycles. The van der Waals surface area contributed by atoms with Crippen LogP contribution in [-0.4, -0.2) is 13.1 Å². The molecule has 1 N–H and O–H groups in total. The molecule has 1 aromatic heterocycles. The van der Waals surface area contributed by atoms with Crippen molar-refractivity contribution < 1.29 is 0 Å². The smallest absolute Gasteiger partial charge is 0.0349 e. The Morgan fingerprint density at radius 2 is 2.10 bits per heavy atom. The number of likely N-dealkylation sites (N-methyl/N-ethyl adjacent to an activating group) is 1. The zero-order chi connectivity index (χ0) is 15.2. The van der Waals surface area contributed by atoms with Crippen LogP contribution in [0.5, 0.6) is 0 Å². The van der Waals surface area contributed by atoms with Gasteiger partial charge in [-0.3, -0.25) is 0 Å². The SMILES string of the molecule is CCNCC(=Cc1ccc(-c2cccc(Br)c2)s1)C(C)C. The lowest BCUT2D eigenvalue weighted by Gasteiger charge is -2.11. The van der Waals surface area contributed by atoms with Gasteiger partial charge in [0, 0.05) is 20.8 Å². The van der Waals surface area contributed by atoms with Crippen LogP contribution in [0.2, 0.25) is 0 Å². The number of hydrogen-bond donors (Lipinski definition) is 1. The Bertz CT molecular complexity index is 613. The molecule has 0 saturated heterocycles. The number of halogens is 1. The molecule has 0 bridgehead atoms. The van der Waals surface area contributed by atoms with Crippen LogP contribution in [0.25, 0.3) is 16.5 Å². The minimum atomic E-state index is 0.570. The Balaban J connectivity index is 2.22. The monoisotopic (exact) mass is 363 g/mol. The highest BCUT2D eigenvalue weighted by Crippen LogP contribution is 2.31. The van der Waals surface area contributed by atoms with Gasteiger partial charge in [-0.2, -0.15) is 0 Å². The summed E-state index contributed by atoms with van der Waals surface area (Å²) in [6.45, 7) is 8.64. The second kappa shape index (κ2) is 7.92. The molecule has 112 valence electrons. The Morgan fingerprint density at radius 3 is 2.76 bits per heavy atom. The van der Waals surface area contributed by atoms with Crippen molar-refractivity contribution in [3.05, 3.63) is 51.3 Å². The topological polar surface area (TPSA) is 12.0 Å². The lowest BCUT2D eigenvalue weighted by atomic mass is 10.0. The first-order chi connectivity index (χ1) is 10.1. The quantitative estimate of drug-likeness (QED) is 0.680. The summed E-state index contributed by atoms with van der Waals surface area (Å²) in [4.78, 5) is 2.64. The van der Waals surface area contributed by atoms with Crippen LogP contribution in [0.3, 0.4) is 0 Å². The Labute approximate surface area is 140 Å². The van der Waals surface area contributed by atoms with E-state index in [1.54, 1.807) is 0 Å². The van der Waals surface area contributed by atoms with Crippen molar-refractivity contribution in [1.29, 1.82) is 0 Å². The van der Waals surface area contributed by atoms with Crippen LogP contribution in [-0.2, 0) is 0 Å². The zero-order valence-electron chi connectivity index (χ0n) is 12.8. The van der Waals surface area contributed by atoms with Crippen molar-refractivity contribution in [3.8, 4) is 10.4 Å². The van der Waals surface area contributed by atoms with Crippen molar-refractivity contribution in [2.24, 2.45) is 5.92 Å². The molecule has 2 rings (SSSR count). The van der Waals surface area contributed by atoms with E-state index < -0.39 is 0 Å². The Morgan fingerprint density at radius 1 is 1.29 bits per heavy atom. The molecule has 0 fully saturated rings. The summed E-state index contributed by atoms with van der Waals surface area (Å²) in [6.07, 6.45) is 2.33. The summed E-state index contributed by atoms with van der Waals surface area (Å²) in [6, 6.07) is 12.9. The molecule has 0 unspecified atom stereocenters. The van der Waals surface area contributed by atoms with Gasteiger partial charge in [-0.15, -0.1) is 11.3 Å². The van der Waals surface area contributed by atoms with Crippen molar-refractivity contribution >= 4 is 33.3 Å². The van der Waals surface area contributed by atoms with E-state index in [2.05, 4.69) is 84.5 Å². The average Bonchev–Trinajstić information content (AvgIpc) is 2.91. The van der Waals surface area contributed by atoms with Crippen LogP contribution in [0, 0.1) is 5.92 Å². The minimum absolute atomic E-state index is 0.570. The summed E-state index contributed by atoms with van der Waals surface area (Å²) < 4.78 is 1.13. The Kier molecular flexibility index (Phi) is 6.22. The van der Waals surface area contributed by atoms with Gasteiger partial charge in [0.2, 0.25) is 0 Å². The molecule has 0 atom stereocenters. The molecule has 0 saturated carbocycles. The molecule has 2 aromatic rings. The largest absolute Gasteiger partial charge is 0.313 e. The average molecular weight is 364 g/mol. The third kappa shape index (κ3) is 4.80. The standard InChI is InChI=1S/C18H22BrNS/c1-4-20-12-15(13(2)3)11-17-8-9-18(21-17)14-6-5-7-16(19)10-14/h5-11,13,20H,4,12H2,1-3H3. The van der Waals surface area contributed by atoms with Gasteiger partial charge in [0.15, 0.2) is 0 Å². The van der Waals surface area contributed by atoms with Gasteiger partial charge in [-0.05, 0) is 48.4 Å². The van der Waals surface area contributed by atoms with E-state index in [-0.39, 0.29) is 0 Å². The normalized spacial score (nSPS) is 12.1. The maximum Gasteiger partial charge on any atom is 0.0349 e. The number of hydrogen-bond acceptors (Lipinski definition) is 2. The molecule has 21 heavy (non-hydrogen) atoms. The predicted molar refractivity (Wildman–Crippen MR) is 98.8 cm³/mol. The summed E-state index contributed by atoms with van der Waals surface area (Å²) in [5.41, 5.74) is 2.73. The first-order valence-corrected chi connectivity index (χ1v) is 8.98. The molecule has 0 spiro atoms. The lowest BCUT2D eigenvalue weighted by Crippen LogP contribution is -2.18. The maximum absolute atomic E-state index is 3.54. The van der Waals surface area contributed by atoms with Gasteiger partial charge >= 0.3 is 0 Å². The highest BCUT2D eigenvalue weighted by atomic mass is 79.9. The number of rotatable bonds is 6. The number of thiophene rings is 1. The minimum Gasteiger partial charge on any atom is -0.313 e. The van der Waals surface area contributed by atoms with Crippen LogP contribution >= 0.6 is 27.3 Å². The molecule has 0 radical (unpaired) electrons. The first kappa shape index (κ1) is 16.5. The van der Waals surface area contributed by atoms with E-state index in [9.17, 15) is 0 Å². The first-order valence-electron chi connectivity index (χ1n) is 7.37. The molecule has 0 aliphatic heterocycles. The molecule has 1 nitrogen and oxygen atoms in total. The van der Waals surface area contributed by atoms with Crippen LogP contribution in [0.1, 0.15) is 25.6 Å². The molecule has 1 aromatic carbocycles. The summed E-state index contributed by atoms with van der Waals surface area (Å²) in [7, 11) is 0. The van der Waals surface area contributed by atoms with Gasteiger partial charge in [0.1, 0.15) is 0 Å². The predicted octanol–water partition coefficient (Wildman–Crippen LogP) is 5.83. The summed E-state index contributed by atoms with van der Waals surface area (Å²) in [5.74, 6) is 0.570. The third-order valence-corrected chi connectivity index (χ3v) is 4.96. The van der Waals surface area contributed by atoms with Crippen molar-refractivity contribution in [2.45, 2.75) is 20.8 Å². The van der Waals surface area contributed by atoms with E-state index in [4.69, 9.17) is 0 Å². The van der Waals surface area contributed by atoms with Crippen molar-refractivity contribution in [3.63, 3.8) is 0 Å². The van der Waals surface area contributed by atoms with Gasteiger partial charge < -0.3 is 5.32 Å². The molecular formula is C18H22BrNS. The summed E-state index contributed by atoms with van der Waals surface area (Å²) >= 11 is 5.39. The van der Waals surface area contributed by atoms with Crippen molar-refractivity contribution in [2.75, 3.05) is 13.1 Å². The summed E-state index contributed by atoms with van der Waals surface area (Å²) in [5, 5.41) is 3.43. The van der Waals surface area contributed by atoms with Crippen LogP contribution in [0.4, 0.5) is 0 Å². The third-order valence-electron chi connectivity index (χ3n) is 3.38. The van der Waals surface area contributed by atoms with E-state index in [1.165, 1.54) is 20.9 Å². The van der Waals surface area contributed by atoms with E-state index in [0.29, 0.717) is 5.92 Å². The number of benzene rings is 1. The fraction of sp³-hybridized carbons (Fsp3) is 0.333. The van der Waals surface area contributed by atoms with Crippen molar-refractivity contribution in [1.82, 2.24) is 5.32 Å². The second-order valence-corrected chi connectivity index (χ2v) is 7.40. The zero-order valence-corrected chi connectivity index (χ0v) is 15.2. The van der Waals surface area contributed by atoms with Gasteiger partial charge in [-0.25, -0.2) is 0 Å². The molecule has 1 heterocycles. The van der Waals surface area contributed by atoms with Gasteiger partial charge in [0.05, 0.1) is 0 Å². The van der Waals surface area contributed by atoms with Gasteiger partial charge in [-0.1, -0.05) is 54.4 Å². The fourth-order valence-electron chi connectivity index (χ4n) is 2.10. The Hall–Kier alpha value is -0.900. The van der Waals surface area contributed by atoms with Crippen LogP contribution < -0.4 is 5.32 Å². The van der Waals surface area contributed by atoms with E-state index in [0.717, 1.165) is 17.6 Å². The second-order valence-electron chi connectivity index (χ2n) is 5.37. The molecule has 3 heteroatoms. The number of nitrogens with one attached hydrogen (secondary N) is 1. The van der Waals surface area contributed by atoms with E-state index in [1.807, 2.05) is 11.3 Å². The molecular weight excluding hydrogens is 342 g/mol. The van der Waals surface area contributed by atoms with E-state index >= 15 is 0 Å². The lowest BCUT2D eigenvalue weighted by molar-refractivity contribution is 0.683.